The van der Waals surface area contributed by atoms with E-state index < -0.39 is 9.85 Å². The number of piperazine rings is 1. The first kappa shape index (κ1) is 16.8. The second kappa shape index (κ2) is 7.27. The van der Waals surface area contributed by atoms with Crippen molar-refractivity contribution >= 4 is 17.1 Å². The summed E-state index contributed by atoms with van der Waals surface area (Å²) in [4.78, 5) is 24.3. The van der Waals surface area contributed by atoms with Gasteiger partial charge in [0, 0.05) is 11.6 Å². The predicted molar refractivity (Wildman–Crippen MR) is 92.8 cm³/mol. The monoisotopic (exact) mass is 343 g/mol. The van der Waals surface area contributed by atoms with E-state index in [1.165, 1.54) is 22.6 Å². The molecule has 0 spiro atoms. The Kier molecular flexibility index (Phi) is 4.90. The molecule has 1 saturated heterocycles. The molecule has 2 aromatic carbocycles. The molecule has 130 valence electrons. The first-order chi connectivity index (χ1) is 12.0. The normalized spacial score (nSPS) is 15.1. The van der Waals surface area contributed by atoms with Crippen molar-refractivity contribution in [2.75, 3.05) is 31.1 Å². The molecule has 0 amide bonds. The Balaban J connectivity index is 1.70. The molecule has 8 heteroatoms. The Morgan fingerprint density at radius 2 is 1.64 bits per heavy atom. The first-order valence-corrected chi connectivity index (χ1v) is 8.10. The van der Waals surface area contributed by atoms with Gasteiger partial charge in [-0.2, -0.15) is 0 Å². The van der Waals surface area contributed by atoms with Crippen molar-refractivity contribution in [3.63, 3.8) is 0 Å². The molecule has 0 unspecified atom stereocenters. The van der Waals surface area contributed by atoms with E-state index in [-0.39, 0.29) is 11.4 Å². The summed E-state index contributed by atoms with van der Waals surface area (Å²) in [6, 6.07) is 14.1. The van der Waals surface area contributed by atoms with Crippen molar-refractivity contribution in [3.8, 4) is 0 Å². The molecule has 0 aromatic heterocycles. The summed E-state index contributed by atoms with van der Waals surface area (Å²) in [5, 5.41) is 22.1. The summed E-state index contributed by atoms with van der Waals surface area (Å²) in [6.45, 7) is 4.02. The third kappa shape index (κ3) is 3.92. The number of hydrogen-bond donors (Lipinski definition) is 1. The van der Waals surface area contributed by atoms with Crippen LogP contribution in [-0.2, 0) is 6.54 Å². The van der Waals surface area contributed by atoms with Crippen LogP contribution in [0.15, 0.2) is 48.5 Å². The van der Waals surface area contributed by atoms with E-state index in [4.69, 9.17) is 0 Å². The second-order valence-electron chi connectivity index (χ2n) is 6.09. The fourth-order valence-corrected chi connectivity index (χ4v) is 3.16. The molecule has 1 N–H and O–H groups in total. The molecule has 3 rings (SSSR count). The highest BCUT2D eigenvalue weighted by atomic mass is 16.6. The van der Waals surface area contributed by atoms with Gasteiger partial charge in [-0.3, -0.25) is 20.2 Å². The number of nitrogens with zero attached hydrogens (tertiary/aromatic N) is 3. The topological polar surface area (TPSA) is 94.0 Å². The maximum absolute atomic E-state index is 11.3. The van der Waals surface area contributed by atoms with Crippen LogP contribution in [0.3, 0.4) is 0 Å². The third-order valence-electron chi connectivity index (χ3n) is 4.47. The molecule has 1 aliphatic heterocycles. The van der Waals surface area contributed by atoms with Gasteiger partial charge in [-0.1, -0.05) is 30.3 Å². The second-order valence-corrected chi connectivity index (χ2v) is 6.09. The minimum Gasteiger partial charge on any atom is -0.355 e. The third-order valence-corrected chi connectivity index (χ3v) is 4.47. The van der Waals surface area contributed by atoms with E-state index >= 15 is 0 Å². The van der Waals surface area contributed by atoms with Gasteiger partial charge >= 0.3 is 0 Å². The Hall–Kier alpha value is -3.00. The highest BCUT2D eigenvalue weighted by molar-refractivity contribution is 5.66. The fraction of sp³-hybridized carbons (Fsp3) is 0.294. The molecule has 0 aliphatic carbocycles. The van der Waals surface area contributed by atoms with Crippen molar-refractivity contribution < 1.29 is 14.7 Å². The van der Waals surface area contributed by atoms with Crippen LogP contribution in [0, 0.1) is 20.2 Å². The highest BCUT2D eigenvalue weighted by Gasteiger charge is 2.27. The van der Waals surface area contributed by atoms with Crippen LogP contribution in [0.5, 0.6) is 0 Å². The Morgan fingerprint density at radius 3 is 2.24 bits per heavy atom. The zero-order valence-electron chi connectivity index (χ0n) is 13.6. The van der Waals surface area contributed by atoms with E-state index in [1.807, 2.05) is 23.1 Å². The van der Waals surface area contributed by atoms with Gasteiger partial charge in [0.05, 0.1) is 42.1 Å². The first-order valence-electron chi connectivity index (χ1n) is 8.10. The van der Waals surface area contributed by atoms with E-state index in [0.717, 1.165) is 25.7 Å². The van der Waals surface area contributed by atoms with Crippen LogP contribution >= 0.6 is 0 Å². The van der Waals surface area contributed by atoms with Crippen molar-refractivity contribution in [1.82, 2.24) is 0 Å². The van der Waals surface area contributed by atoms with Gasteiger partial charge in [0.1, 0.15) is 12.2 Å². The van der Waals surface area contributed by atoms with Gasteiger partial charge in [0.15, 0.2) is 0 Å². The van der Waals surface area contributed by atoms with Crippen molar-refractivity contribution in [2.45, 2.75) is 6.54 Å². The number of rotatable bonds is 5. The maximum Gasteiger partial charge on any atom is 0.299 e. The largest absolute Gasteiger partial charge is 0.355 e. The van der Waals surface area contributed by atoms with Crippen LogP contribution in [-0.4, -0.2) is 36.0 Å². The number of nitro benzene ring substituents is 2. The maximum atomic E-state index is 11.3. The number of non-ortho nitro benzene ring substituents is 1. The quantitative estimate of drug-likeness (QED) is 0.654. The molecular formula is C17H19N4O4+. The molecule has 1 heterocycles. The minimum atomic E-state index is -0.612. The van der Waals surface area contributed by atoms with Crippen LogP contribution in [0.2, 0.25) is 0 Å². The smallest absolute Gasteiger partial charge is 0.299 e. The number of hydrogen-bond acceptors (Lipinski definition) is 5. The number of nitrogens with one attached hydrogen (secondary N) is 1. The molecule has 0 radical (unpaired) electrons. The molecule has 8 nitrogen and oxygen atoms in total. The average molecular weight is 343 g/mol. The minimum absolute atomic E-state index is 0.208. The van der Waals surface area contributed by atoms with Crippen LogP contribution < -0.4 is 9.80 Å². The molecular weight excluding hydrogens is 324 g/mol. The molecule has 0 saturated carbocycles. The lowest BCUT2D eigenvalue weighted by Crippen LogP contribution is -3.13. The average Bonchev–Trinajstić information content (AvgIpc) is 2.62. The molecule has 2 aromatic rings. The van der Waals surface area contributed by atoms with Crippen LogP contribution in [0.4, 0.5) is 17.1 Å². The zero-order chi connectivity index (χ0) is 17.8. The molecule has 1 aliphatic rings. The molecule has 25 heavy (non-hydrogen) atoms. The summed E-state index contributed by atoms with van der Waals surface area (Å²) < 4.78 is 0. The lowest BCUT2D eigenvalue weighted by Gasteiger charge is -2.33. The van der Waals surface area contributed by atoms with Crippen molar-refractivity contribution in [2.24, 2.45) is 0 Å². The molecule has 0 atom stereocenters. The summed E-state index contributed by atoms with van der Waals surface area (Å²) in [6.07, 6.45) is 0. The Bertz CT molecular complexity index is 773. The summed E-state index contributed by atoms with van der Waals surface area (Å²) in [5.74, 6) is 0. The van der Waals surface area contributed by atoms with Gasteiger partial charge in [-0.05, 0) is 6.07 Å². The lowest BCUT2D eigenvalue weighted by molar-refractivity contribution is -0.914. The SMILES string of the molecule is O=[N+]([O-])c1ccc(N2CC[NH+](Cc3ccccc3)CC2)c([N+](=O)[O-])c1. The standard InChI is InChI=1S/C17H18N4O4/c22-20(23)15-6-7-16(17(12-15)21(24)25)19-10-8-18(9-11-19)13-14-4-2-1-3-5-14/h1-7,12H,8-11,13H2/p+1. The Labute approximate surface area is 144 Å². The van der Waals surface area contributed by atoms with Crippen LogP contribution in [0.25, 0.3) is 0 Å². The Morgan fingerprint density at radius 1 is 0.960 bits per heavy atom. The van der Waals surface area contributed by atoms with E-state index in [1.54, 1.807) is 0 Å². The highest BCUT2D eigenvalue weighted by Crippen LogP contribution is 2.31. The van der Waals surface area contributed by atoms with Crippen LogP contribution in [0.1, 0.15) is 5.56 Å². The van der Waals surface area contributed by atoms with Gasteiger partial charge in [-0.15, -0.1) is 0 Å². The van der Waals surface area contributed by atoms with Gasteiger partial charge < -0.3 is 9.80 Å². The number of anilines is 1. The van der Waals surface area contributed by atoms with Gasteiger partial charge in [0.2, 0.25) is 0 Å². The van der Waals surface area contributed by atoms with Gasteiger partial charge in [0.25, 0.3) is 11.4 Å². The predicted octanol–water partition coefficient (Wildman–Crippen LogP) is 1.41. The van der Waals surface area contributed by atoms with E-state index in [2.05, 4.69) is 12.1 Å². The lowest BCUT2D eigenvalue weighted by atomic mass is 10.1. The summed E-state index contributed by atoms with van der Waals surface area (Å²) in [5.41, 5.74) is 1.26. The number of quaternary nitrogens is 1. The number of nitro groups is 2. The summed E-state index contributed by atoms with van der Waals surface area (Å²) >= 11 is 0. The zero-order valence-corrected chi connectivity index (χ0v) is 13.6. The van der Waals surface area contributed by atoms with E-state index in [9.17, 15) is 20.2 Å². The summed E-state index contributed by atoms with van der Waals surface area (Å²) in [7, 11) is 0. The van der Waals surface area contributed by atoms with Crippen molar-refractivity contribution in [3.05, 3.63) is 74.3 Å². The van der Waals surface area contributed by atoms with Crippen molar-refractivity contribution in [1.29, 1.82) is 0 Å². The fourth-order valence-electron chi connectivity index (χ4n) is 3.16. The molecule has 0 bridgehead atoms. The number of benzene rings is 2. The molecule has 1 fully saturated rings. The van der Waals surface area contributed by atoms with E-state index in [0.29, 0.717) is 18.8 Å². The van der Waals surface area contributed by atoms with Gasteiger partial charge in [-0.25, -0.2) is 0 Å².